The standard InChI is InChI=1S/C36H48N2O5/c1-26(30(23-27-17-11-8-12-18-27)37-33(40)42-35(2,3)4)32(39)31(24-28-19-13-9-14-20-28)38(34(41)43-36(5,6)7)25-29-21-15-10-16-22-29/h8-22,26,30-32,39H,23-25H2,1-7H3,(H,37,40)/t26?,30-,31-,32?/m0/s1. The second kappa shape index (κ2) is 15.1. The van der Waals surface area contributed by atoms with Crippen LogP contribution in [0.1, 0.15) is 65.2 Å². The monoisotopic (exact) mass is 588 g/mol. The summed E-state index contributed by atoms with van der Waals surface area (Å²) in [4.78, 5) is 28.4. The number of ether oxygens (including phenoxy) is 2. The van der Waals surface area contributed by atoms with Crippen LogP contribution in [0.3, 0.4) is 0 Å². The van der Waals surface area contributed by atoms with Crippen molar-refractivity contribution < 1.29 is 24.2 Å². The highest BCUT2D eigenvalue weighted by molar-refractivity contribution is 5.69. The molecule has 0 aliphatic rings. The number of alkyl carbamates (subject to hydrolysis) is 1. The van der Waals surface area contributed by atoms with Gasteiger partial charge in [-0.15, -0.1) is 0 Å². The minimum Gasteiger partial charge on any atom is -0.444 e. The number of rotatable bonds is 11. The lowest BCUT2D eigenvalue weighted by molar-refractivity contribution is -0.0265. The Morgan fingerprint density at radius 1 is 0.721 bits per heavy atom. The van der Waals surface area contributed by atoms with E-state index >= 15 is 0 Å². The predicted molar refractivity (Wildman–Crippen MR) is 171 cm³/mol. The molecule has 7 nitrogen and oxygen atoms in total. The summed E-state index contributed by atoms with van der Waals surface area (Å²) < 4.78 is 11.5. The minimum atomic E-state index is -1.03. The van der Waals surface area contributed by atoms with E-state index in [4.69, 9.17) is 9.47 Å². The number of hydrogen-bond donors (Lipinski definition) is 2. The third-order valence-corrected chi connectivity index (χ3v) is 7.08. The van der Waals surface area contributed by atoms with Gasteiger partial charge in [0.15, 0.2) is 0 Å². The van der Waals surface area contributed by atoms with Crippen molar-refractivity contribution in [2.75, 3.05) is 0 Å². The van der Waals surface area contributed by atoms with Crippen molar-refractivity contribution in [3.63, 3.8) is 0 Å². The highest BCUT2D eigenvalue weighted by Gasteiger charge is 2.39. The van der Waals surface area contributed by atoms with Crippen molar-refractivity contribution in [3.8, 4) is 0 Å². The molecule has 0 heterocycles. The smallest absolute Gasteiger partial charge is 0.410 e. The average molecular weight is 589 g/mol. The molecular weight excluding hydrogens is 540 g/mol. The molecule has 2 unspecified atom stereocenters. The molecule has 43 heavy (non-hydrogen) atoms. The molecule has 0 fully saturated rings. The second-order valence-electron chi connectivity index (χ2n) is 13.1. The zero-order chi connectivity index (χ0) is 31.6. The second-order valence-corrected chi connectivity index (χ2v) is 13.1. The molecule has 0 saturated carbocycles. The summed E-state index contributed by atoms with van der Waals surface area (Å²) in [6.45, 7) is 13.1. The van der Waals surface area contributed by atoms with Gasteiger partial charge >= 0.3 is 12.2 Å². The van der Waals surface area contributed by atoms with Gasteiger partial charge < -0.3 is 19.9 Å². The zero-order valence-electron chi connectivity index (χ0n) is 26.6. The summed E-state index contributed by atoms with van der Waals surface area (Å²) >= 11 is 0. The van der Waals surface area contributed by atoms with Gasteiger partial charge in [0.25, 0.3) is 0 Å². The van der Waals surface area contributed by atoms with Gasteiger partial charge in [0.05, 0.1) is 12.1 Å². The number of carbonyl (C=O) groups excluding carboxylic acids is 2. The van der Waals surface area contributed by atoms with E-state index in [0.29, 0.717) is 12.8 Å². The first kappa shape index (κ1) is 33.7. The largest absolute Gasteiger partial charge is 0.444 e. The van der Waals surface area contributed by atoms with E-state index in [1.807, 2.05) is 139 Å². The van der Waals surface area contributed by atoms with Gasteiger partial charge in [-0.3, -0.25) is 4.90 Å². The first-order chi connectivity index (χ1) is 20.2. The zero-order valence-corrected chi connectivity index (χ0v) is 26.6. The Morgan fingerprint density at radius 3 is 1.63 bits per heavy atom. The van der Waals surface area contributed by atoms with Crippen LogP contribution in [0.15, 0.2) is 91.0 Å². The Kier molecular flexibility index (Phi) is 11.8. The average Bonchev–Trinajstić information content (AvgIpc) is 2.93. The van der Waals surface area contributed by atoms with Gasteiger partial charge in [-0.25, -0.2) is 9.59 Å². The number of nitrogens with one attached hydrogen (secondary N) is 1. The van der Waals surface area contributed by atoms with E-state index in [-0.39, 0.29) is 6.54 Å². The summed E-state index contributed by atoms with van der Waals surface area (Å²) in [5, 5.41) is 15.2. The quantitative estimate of drug-likeness (QED) is 0.248. The summed E-state index contributed by atoms with van der Waals surface area (Å²) in [5.41, 5.74) is 1.49. The van der Waals surface area contributed by atoms with Crippen molar-refractivity contribution >= 4 is 12.2 Å². The maximum atomic E-state index is 13.8. The van der Waals surface area contributed by atoms with Gasteiger partial charge in [0.2, 0.25) is 0 Å². The fourth-order valence-electron chi connectivity index (χ4n) is 4.97. The predicted octanol–water partition coefficient (Wildman–Crippen LogP) is 7.17. The van der Waals surface area contributed by atoms with Crippen LogP contribution in [0.5, 0.6) is 0 Å². The van der Waals surface area contributed by atoms with E-state index in [1.165, 1.54) is 0 Å². The maximum absolute atomic E-state index is 13.8. The van der Waals surface area contributed by atoms with Crippen LogP contribution in [0.2, 0.25) is 0 Å². The van der Waals surface area contributed by atoms with Gasteiger partial charge in [-0.2, -0.15) is 0 Å². The highest BCUT2D eigenvalue weighted by atomic mass is 16.6. The molecule has 0 saturated heterocycles. The van der Waals surface area contributed by atoms with Crippen LogP contribution in [0, 0.1) is 5.92 Å². The molecule has 0 spiro atoms. The molecule has 4 atom stereocenters. The number of aliphatic hydroxyl groups is 1. The van der Waals surface area contributed by atoms with Crippen molar-refractivity contribution in [1.82, 2.24) is 10.2 Å². The van der Waals surface area contributed by atoms with Crippen LogP contribution in [0.25, 0.3) is 0 Å². The molecular formula is C36H48N2O5. The first-order valence-electron chi connectivity index (χ1n) is 15.0. The van der Waals surface area contributed by atoms with Crippen molar-refractivity contribution in [2.24, 2.45) is 5.92 Å². The molecule has 2 amide bonds. The molecule has 0 aliphatic heterocycles. The topological polar surface area (TPSA) is 88.1 Å². The lowest BCUT2D eigenvalue weighted by atomic mass is 9.84. The van der Waals surface area contributed by atoms with Crippen molar-refractivity contribution in [2.45, 2.75) is 97.2 Å². The van der Waals surface area contributed by atoms with E-state index in [9.17, 15) is 14.7 Å². The van der Waals surface area contributed by atoms with Gasteiger partial charge in [-0.1, -0.05) is 97.9 Å². The van der Waals surface area contributed by atoms with Crippen LogP contribution >= 0.6 is 0 Å². The molecule has 3 rings (SSSR count). The number of nitrogens with zero attached hydrogens (tertiary/aromatic N) is 1. The summed E-state index contributed by atoms with van der Waals surface area (Å²) in [5.74, 6) is -0.470. The Bertz CT molecular complexity index is 1270. The minimum absolute atomic E-state index is 0.250. The summed E-state index contributed by atoms with van der Waals surface area (Å²) in [6, 6.07) is 28.2. The van der Waals surface area contributed by atoms with Gasteiger partial charge in [-0.05, 0) is 71.1 Å². The highest BCUT2D eigenvalue weighted by Crippen LogP contribution is 2.26. The number of carbonyl (C=O) groups is 2. The Morgan fingerprint density at radius 2 is 1.16 bits per heavy atom. The van der Waals surface area contributed by atoms with Gasteiger partial charge in [0, 0.05) is 18.5 Å². The molecule has 7 heteroatoms. The normalized spacial score (nSPS) is 14.6. The fraction of sp³-hybridized carbons (Fsp3) is 0.444. The lowest BCUT2D eigenvalue weighted by Crippen LogP contribution is -2.55. The van der Waals surface area contributed by atoms with Gasteiger partial charge in [0.1, 0.15) is 11.2 Å². The van der Waals surface area contributed by atoms with Crippen molar-refractivity contribution in [3.05, 3.63) is 108 Å². The van der Waals surface area contributed by atoms with E-state index < -0.39 is 47.5 Å². The molecule has 0 aliphatic carbocycles. The summed E-state index contributed by atoms with van der Waals surface area (Å²) in [7, 11) is 0. The number of aliphatic hydroxyl groups excluding tert-OH is 1. The third kappa shape index (κ3) is 11.4. The molecule has 3 aromatic rings. The molecule has 0 radical (unpaired) electrons. The molecule has 0 bridgehead atoms. The van der Waals surface area contributed by atoms with Crippen LogP contribution in [0.4, 0.5) is 9.59 Å². The SMILES string of the molecule is CC(C(O)[C@H](Cc1ccccc1)N(Cc1ccccc1)C(=O)OC(C)(C)C)[C@H](Cc1ccccc1)NC(=O)OC(C)(C)C. The van der Waals surface area contributed by atoms with E-state index in [1.54, 1.807) is 4.90 Å². The molecule has 3 aromatic carbocycles. The number of benzene rings is 3. The van der Waals surface area contributed by atoms with Crippen LogP contribution in [-0.2, 0) is 28.9 Å². The number of hydrogen-bond acceptors (Lipinski definition) is 5. The number of amides is 2. The Labute approximate surface area is 257 Å². The maximum Gasteiger partial charge on any atom is 0.410 e. The molecule has 2 N–H and O–H groups in total. The summed E-state index contributed by atoms with van der Waals surface area (Å²) in [6.07, 6.45) is -1.23. The third-order valence-electron chi connectivity index (χ3n) is 7.08. The van der Waals surface area contributed by atoms with Crippen molar-refractivity contribution in [1.29, 1.82) is 0 Å². The van der Waals surface area contributed by atoms with Crippen LogP contribution < -0.4 is 5.32 Å². The molecule has 232 valence electrons. The lowest BCUT2D eigenvalue weighted by Gasteiger charge is -2.40. The van der Waals surface area contributed by atoms with Crippen LogP contribution in [-0.4, -0.2) is 51.6 Å². The molecule has 0 aromatic heterocycles. The van der Waals surface area contributed by atoms with E-state index in [0.717, 1.165) is 16.7 Å². The Balaban J connectivity index is 2.02. The Hall–Kier alpha value is -3.84. The first-order valence-corrected chi connectivity index (χ1v) is 15.0. The van der Waals surface area contributed by atoms with E-state index in [2.05, 4.69) is 5.32 Å². The fourth-order valence-corrected chi connectivity index (χ4v) is 4.97.